The molecule has 1 fully saturated rings. The van der Waals surface area contributed by atoms with E-state index < -0.39 is 0 Å². The molecule has 1 aromatic rings. The predicted octanol–water partition coefficient (Wildman–Crippen LogP) is 2.70. The highest BCUT2D eigenvalue weighted by Gasteiger charge is 2.15. The normalized spacial score (nSPS) is 15.2. The zero-order valence-corrected chi connectivity index (χ0v) is 13.1. The number of benzene rings is 1. The van der Waals surface area contributed by atoms with E-state index in [0.29, 0.717) is 0 Å². The Labute approximate surface area is 128 Å². The number of rotatable bonds is 6. The quantitative estimate of drug-likeness (QED) is 0.817. The van der Waals surface area contributed by atoms with Gasteiger partial charge >= 0.3 is 6.03 Å². The molecule has 0 radical (unpaired) electrons. The molecule has 0 aromatic heterocycles. The maximum atomic E-state index is 11.9. The van der Waals surface area contributed by atoms with Crippen LogP contribution in [0, 0.1) is 0 Å². The fourth-order valence-electron chi connectivity index (χ4n) is 2.73. The van der Waals surface area contributed by atoms with Crippen molar-refractivity contribution in [2.45, 2.75) is 32.2 Å². The first-order valence-corrected chi connectivity index (χ1v) is 8.01. The van der Waals surface area contributed by atoms with E-state index >= 15 is 0 Å². The third-order valence-corrected chi connectivity index (χ3v) is 3.93. The Hall–Kier alpha value is -1.55. The van der Waals surface area contributed by atoms with Crippen molar-refractivity contribution in [3.63, 3.8) is 0 Å². The van der Waals surface area contributed by atoms with Gasteiger partial charge in [-0.15, -0.1) is 0 Å². The van der Waals surface area contributed by atoms with Crippen molar-refractivity contribution in [3.05, 3.63) is 35.9 Å². The molecule has 116 valence electrons. The molecule has 0 aliphatic carbocycles. The molecule has 1 aliphatic heterocycles. The van der Waals surface area contributed by atoms with Gasteiger partial charge in [0.25, 0.3) is 0 Å². The summed E-state index contributed by atoms with van der Waals surface area (Å²) in [6, 6.07) is 10.6. The van der Waals surface area contributed by atoms with Crippen molar-refractivity contribution in [3.8, 4) is 0 Å². The van der Waals surface area contributed by atoms with E-state index in [1.807, 2.05) is 11.0 Å². The number of hydrogen-bond donors (Lipinski definition) is 1. The summed E-state index contributed by atoms with van der Waals surface area (Å²) >= 11 is 0. The van der Waals surface area contributed by atoms with E-state index in [0.717, 1.165) is 52.0 Å². The molecule has 0 spiro atoms. The molecule has 0 atom stereocenters. The molecule has 2 rings (SSSR count). The highest BCUT2D eigenvalue weighted by molar-refractivity contribution is 5.74. The average molecular weight is 289 g/mol. The molecule has 1 saturated heterocycles. The first kappa shape index (κ1) is 15.8. The molecule has 1 aromatic carbocycles. The SMILES string of the molecule is CN(CCCNC(=O)N1CCCCC1)Cc1ccccc1. The zero-order valence-electron chi connectivity index (χ0n) is 13.1. The van der Waals surface area contributed by atoms with Crippen LogP contribution in [0.3, 0.4) is 0 Å². The van der Waals surface area contributed by atoms with Gasteiger partial charge in [-0.2, -0.15) is 0 Å². The Morgan fingerprint density at radius 2 is 1.90 bits per heavy atom. The summed E-state index contributed by atoms with van der Waals surface area (Å²) in [5.41, 5.74) is 1.33. The minimum Gasteiger partial charge on any atom is -0.338 e. The lowest BCUT2D eigenvalue weighted by atomic mass is 10.1. The van der Waals surface area contributed by atoms with Crippen molar-refractivity contribution in [2.75, 3.05) is 33.2 Å². The molecular formula is C17H27N3O. The number of nitrogens with zero attached hydrogens (tertiary/aromatic N) is 2. The number of carbonyl (C=O) groups is 1. The summed E-state index contributed by atoms with van der Waals surface area (Å²) in [7, 11) is 2.12. The topological polar surface area (TPSA) is 35.6 Å². The molecular weight excluding hydrogens is 262 g/mol. The number of urea groups is 1. The second-order valence-corrected chi connectivity index (χ2v) is 5.86. The second-order valence-electron chi connectivity index (χ2n) is 5.86. The molecule has 0 unspecified atom stereocenters. The summed E-state index contributed by atoms with van der Waals surface area (Å²) in [6.45, 7) is 4.55. The third kappa shape index (κ3) is 5.76. The van der Waals surface area contributed by atoms with Crippen molar-refractivity contribution < 1.29 is 4.79 Å². The van der Waals surface area contributed by atoms with Crippen molar-refractivity contribution in [1.29, 1.82) is 0 Å². The molecule has 21 heavy (non-hydrogen) atoms. The van der Waals surface area contributed by atoms with Crippen LogP contribution < -0.4 is 5.32 Å². The van der Waals surface area contributed by atoms with Crippen molar-refractivity contribution in [1.82, 2.24) is 15.1 Å². The number of hydrogen-bond acceptors (Lipinski definition) is 2. The first-order valence-electron chi connectivity index (χ1n) is 8.01. The van der Waals surface area contributed by atoms with Crippen molar-refractivity contribution in [2.24, 2.45) is 0 Å². The highest BCUT2D eigenvalue weighted by atomic mass is 16.2. The van der Waals surface area contributed by atoms with E-state index in [4.69, 9.17) is 0 Å². The predicted molar refractivity (Wildman–Crippen MR) is 86.2 cm³/mol. The van der Waals surface area contributed by atoms with Crippen LogP contribution in [-0.4, -0.2) is 49.1 Å². The van der Waals surface area contributed by atoms with Crippen molar-refractivity contribution >= 4 is 6.03 Å². The Kier molecular flexibility index (Phi) is 6.54. The Bertz CT molecular complexity index is 415. The number of carbonyl (C=O) groups excluding carboxylic acids is 1. The number of nitrogens with one attached hydrogen (secondary N) is 1. The molecule has 1 aliphatic rings. The number of piperidine rings is 1. The standard InChI is InChI=1S/C17H27N3O/c1-19(15-16-9-4-2-5-10-16)12-8-11-18-17(21)20-13-6-3-7-14-20/h2,4-5,9-10H,3,6-8,11-15H2,1H3,(H,18,21). The maximum absolute atomic E-state index is 11.9. The smallest absolute Gasteiger partial charge is 0.317 e. The Morgan fingerprint density at radius 3 is 2.62 bits per heavy atom. The lowest BCUT2D eigenvalue weighted by Crippen LogP contribution is -2.43. The molecule has 0 saturated carbocycles. The zero-order chi connectivity index (χ0) is 14.9. The summed E-state index contributed by atoms with van der Waals surface area (Å²) < 4.78 is 0. The van der Waals surface area contributed by atoms with E-state index in [9.17, 15) is 4.79 Å². The Balaban J connectivity index is 1.57. The molecule has 2 amide bonds. The van der Waals surface area contributed by atoms with Crippen LogP contribution in [0.15, 0.2) is 30.3 Å². The van der Waals surface area contributed by atoms with Gasteiger partial charge in [0, 0.05) is 26.2 Å². The van der Waals surface area contributed by atoms with Crippen LogP contribution in [-0.2, 0) is 6.54 Å². The molecule has 1 N–H and O–H groups in total. The second kappa shape index (κ2) is 8.67. The largest absolute Gasteiger partial charge is 0.338 e. The molecule has 0 bridgehead atoms. The lowest BCUT2D eigenvalue weighted by molar-refractivity contribution is 0.185. The van der Waals surface area contributed by atoms with Crippen LogP contribution in [0.5, 0.6) is 0 Å². The van der Waals surface area contributed by atoms with E-state index in [2.05, 4.69) is 41.5 Å². The van der Waals surface area contributed by atoms with Crippen LogP contribution in [0.1, 0.15) is 31.2 Å². The minimum atomic E-state index is 0.111. The van der Waals surface area contributed by atoms with Gasteiger partial charge in [0.1, 0.15) is 0 Å². The van der Waals surface area contributed by atoms with Gasteiger partial charge in [-0.25, -0.2) is 4.79 Å². The van der Waals surface area contributed by atoms with Crippen LogP contribution >= 0.6 is 0 Å². The van der Waals surface area contributed by atoms with Gasteiger partial charge in [0.15, 0.2) is 0 Å². The van der Waals surface area contributed by atoms with E-state index in [1.165, 1.54) is 12.0 Å². The van der Waals surface area contributed by atoms with Gasteiger partial charge in [-0.05, 0) is 44.8 Å². The van der Waals surface area contributed by atoms with Gasteiger partial charge in [-0.3, -0.25) is 0 Å². The summed E-state index contributed by atoms with van der Waals surface area (Å²) in [5.74, 6) is 0. The summed E-state index contributed by atoms with van der Waals surface area (Å²) in [5, 5.41) is 3.03. The molecule has 4 nitrogen and oxygen atoms in total. The van der Waals surface area contributed by atoms with Crippen LogP contribution in [0.2, 0.25) is 0 Å². The average Bonchev–Trinajstić information content (AvgIpc) is 2.53. The van der Waals surface area contributed by atoms with Gasteiger partial charge in [0.2, 0.25) is 0 Å². The monoisotopic (exact) mass is 289 g/mol. The van der Waals surface area contributed by atoms with Gasteiger partial charge in [-0.1, -0.05) is 30.3 Å². The summed E-state index contributed by atoms with van der Waals surface area (Å²) in [6.07, 6.45) is 4.54. The maximum Gasteiger partial charge on any atom is 0.317 e. The lowest BCUT2D eigenvalue weighted by Gasteiger charge is -2.27. The fraction of sp³-hybridized carbons (Fsp3) is 0.588. The first-order chi connectivity index (χ1) is 10.3. The fourth-order valence-corrected chi connectivity index (χ4v) is 2.73. The number of likely N-dealkylation sites (tertiary alicyclic amines) is 1. The summed E-state index contributed by atoms with van der Waals surface area (Å²) in [4.78, 5) is 16.2. The number of amides is 2. The molecule has 4 heteroatoms. The van der Waals surface area contributed by atoms with Gasteiger partial charge < -0.3 is 15.1 Å². The minimum absolute atomic E-state index is 0.111. The van der Waals surface area contributed by atoms with E-state index in [1.54, 1.807) is 0 Å². The molecule has 1 heterocycles. The highest BCUT2D eigenvalue weighted by Crippen LogP contribution is 2.08. The van der Waals surface area contributed by atoms with Crippen LogP contribution in [0.4, 0.5) is 4.79 Å². The van der Waals surface area contributed by atoms with E-state index in [-0.39, 0.29) is 6.03 Å². The Morgan fingerprint density at radius 1 is 1.19 bits per heavy atom. The third-order valence-electron chi connectivity index (χ3n) is 3.93. The van der Waals surface area contributed by atoms with Crippen LogP contribution in [0.25, 0.3) is 0 Å². The van der Waals surface area contributed by atoms with Gasteiger partial charge in [0.05, 0.1) is 0 Å².